The molecule has 0 nitrogen and oxygen atoms in total. The molecule has 0 radical (unpaired) electrons. The summed E-state index contributed by atoms with van der Waals surface area (Å²) in [5.74, 6) is 6.07. The molecule has 0 saturated carbocycles. The van der Waals surface area contributed by atoms with Crippen molar-refractivity contribution in [1.82, 2.24) is 0 Å². The molecule has 0 amide bonds. The van der Waals surface area contributed by atoms with Gasteiger partial charge in [-0.3, -0.25) is 0 Å². The van der Waals surface area contributed by atoms with Crippen molar-refractivity contribution in [2.75, 3.05) is 0 Å². The lowest BCUT2D eigenvalue weighted by molar-refractivity contribution is 1.06. The van der Waals surface area contributed by atoms with E-state index < -0.39 is 0 Å². The molecule has 0 saturated heterocycles. The normalized spacial score (nSPS) is 13.6. The van der Waals surface area contributed by atoms with Gasteiger partial charge in [0.05, 0.1) is 0 Å². The highest BCUT2D eigenvalue weighted by Crippen LogP contribution is 2.05. The summed E-state index contributed by atoms with van der Waals surface area (Å²) in [6.45, 7) is 7.53. The van der Waals surface area contributed by atoms with Gasteiger partial charge < -0.3 is 0 Å². The first-order valence-electron chi connectivity index (χ1n) is 5.51. The van der Waals surface area contributed by atoms with Crippen LogP contribution in [0.1, 0.15) is 20.3 Å². The third kappa shape index (κ3) is 8.84. The minimum Gasteiger partial charge on any atom is -0.103 e. The van der Waals surface area contributed by atoms with E-state index in [9.17, 15) is 0 Å². The predicted octanol–water partition coefficient (Wildman–Crippen LogP) is 4.45. The lowest BCUT2D eigenvalue weighted by Gasteiger charge is -1.98. The summed E-state index contributed by atoms with van der Waals surface area (Å²) in [5, 5.41) is 0. The van der Waals surface area contributed by atoms with Gasteiger partial charge in [-0.2, -0.15) is 0 Å². The third-order valence-corrected chi connectivity index (χ3v) is 1.84. The van der Waals surface area contributed by atoms with Crippen LogP contribution in [0.2, 0.25) is 0 Å². The second-order valence-corrected chi connectivity index (χ2v) is 3.19. The molecule has 0 aromatic heterocycles. The second kappa shape index (κ2) is 11.3. The Hall–Kier alpha value is -1.74. The van der Waals surface area contributed by atoms with Crippen LogP contribution in [0.4, 0.5) is 0 Å². The van der Waals surface area contributed by atoms with Crippen LogP contribution in [0.5, 0.6) is 0 Å². The molecule has 1 unspecified atom stereocenters. The zero-order valence-electron chi connectivity index (χ0n) is 10.2. The van der Waals surface area contributed by atoms with E-state index in [1.54, 1.807) is 0 Å². The van der Waals surface area contributed by atoms with E-state index in [1.165, 1.54) is 0 Å². The highest BCUT2D eigenvalue weighted by atomic mass is 14.0. The summed E-state index contributed by atoms with van der Waals surface area (Å²) in [4.78, 5) is 0. The Morgan fingerprint density at radius 3 is 2.62 bits per heavy atom. The van der Waals surface area contributed by atoms with Crippen LogP contribution in [0.25, 0.3) is 0 Å². The molecule has 84 valence electrons. The van der Waals surface area contributed by atoms with E-state index >= 15 is 0 Å². The molecule has 0 N–H and O–H groups in total. The molecule has 0 aliphatic rings. The van der Waals surface area contributed by atoms with Crippen LogP contribution in [0.15, 0.2) is 61.3 Å². The van der Waals surface area contributed by atoms with Gasteiger partial charge in [-0.15, -0.1) is 12.5 Å². The molecule has 0 spiro atoms. The monoisotopic (exact) mass is 212 g/mol. The molecule has 0 heterocycles. The van der Waals surface area contributed by atoms with Crippen LogP contribution in [0.3, 0.4) is 0 Å². The maximum atomic E-state index is 3.69. The molecule has 0 fully saturated rings. The Balaban J connectivity index is 4.46. The van der Waals surface area contributed by atoms with Crippen molar-refractivity contribution in [3.05, 3.63) is 61.3 Å². The van der Waals surface area contributed by atoms with E-state index in [2.05, 4.69) is 42.7 Å². The lowest BCUT2D eigenvalue weighted by Crippen LogP contribution is -1.84. The van der Waals surface area contributed by atoms with E-state index in [1.807, 2.05) is 44.2 Å². The van der Waals surface area contributed by atoms with E-state index in [4.69, 9.17) is 0 Å². The Bertz CT molecular complexity index is 340. The SMILES string of the molecule is C=CC/C=C/C(C=CC#CC)C=CC=CC. The summed E-state index contributed by atoms with van der Waals surface area (Å²) in [6.07, 6.45) is 19.2. The van der Waals surface area contributed by atoms with Crippen molar-refractivity contribution in [1.29, 1.82) is 0 Å². The number of hydrogen-bond donors (Lipinski definition) is 0. The molecule has 0 bridgehead atoms. The first-order valence-corrected chi connectivity index (χ1v) is 5.51. The summed E-state index contributed by atoms with van der Waals surface area (Å²) in [7, 11) is 0. The lowest BCUT2D eigenvalue weighted by atomic mass is 10.1. The van der Waals surface area contributed by atoms with Crippen LogP contribution in [-0.4, -0.2) is 0 Å². The van der Waals surface area contributed by atoms with Crippen molar-refractivity contribution >= 4 is 0 Å². The molecule has 0 aliphatic heterocycles. The average molecular weight is 212 g/mol. The summed E-state index contributed by atoms with van der Waals surface area (Å²) in [5.41, 5.74) is 0. The Morgan fingerprint density at radius 1 is 1.19 bits per heavy atom. The van der Waals surface area contributed by atoms with Crippen molar-refractivity contribution < 1.29 is 0 Å². The zero-order chi connectivity index (χ0) is 12.1. The maximum absolute atomic E-state index is 3.69. The van der Waals surface area contributed by atoms with Crippen molar-refractivity contribution in [3.63, 3.8) is 0 Å². The largest absolute Gasteiger partial charge is 0.103 e. The van der Waals surface area contributed by atoms with Gasteiger partial charge in [0.1, 0.15) is 0 Å². The molecule has 0 aromatic carbocycles. The first kappa shape index (κ1) is 14.3. The van der Waals surface area contributed by atoms with E-state index in [0.29, 0.717) is 5.92 Å². The van der Waals surface area contributed by atoms with Crippen molar-refractivity contribution in [2.45, 2.75) is 20.3 Å². The summed E-state index contributed by atoms with van der Waals surface area (Å²) >= 11 is 0. The van der Waals surface area contributed by atoms with Gasteiger partial charge >= 0.3 is 0 Å². The minimum absolute atomic E-state index is 0.303. The van der Waals surface area contributed by atoms with Gasteiger partial charge in [0.2, 0.25) is 0 Å². The van der Waals surface area contributed by atoms with Gasteiger partial charge in [-0.25, -0.2) is 0 Å². The smallest absolute Gasteiger partial charge is 0.0140 e. The van der Waals surface area contributed by atoms with Gasteiger partial charge in [0.25, 0.3) is 0 Å². The van der Waals surface area contributed by atoms with Crippen LogP contribution >= 0.6 is 0 Å². The maximum Gasteiger partial charge on any atom is 0.0140 e. The molecule has 1 atom stereocenters. The Labute approximate surface area is 99.8 Å². The highest BCUT2D eigenvalue weighted by Gasteiger charge is 1.91. The highest BCUT2D eigenvalue weighted by molar-refractivity contribution is 5.21. The Morgan fingerprint density at radius 2 is 2.00 bits per heavy atom. The van der Waals surface area contributed by atoms with Gasteiger partial charge in [0, 0.05) is 5.92 Å². The van der Waals surface area contributed by atoms with Crippen molar-refractivity contribution in [2.24, 2.45) is 5.92 Å². The fourth-order valence-corrected chi connectivity index (χ4v) is 1.07. The molecule has 0 aromatic rings. The van der Waals surface area contributed by atoms with Crippen LogP contribution in [0, 0.1) is 17.8 Å². The standard InChI is InChI=1S/C16H20/c1-4-7-10-13-16(14-11-8-5-2)15-12-9-6-3/h4-5,8,10-16H,1,7H2,2-3H3/b8-5?,13-10+,14-11?,15-12?. The molecule has 0 heteroatoms. The van der Waals surface area contributed by atoms with Gasteiger partial charge in [-0.05, 0) is 26.3 Å². The van der Waals surface area contributed by atoms with Crippen molar-refractivity contribution in [3.8, 4) is 11.8 Å². The van der Waals surface area contributed by atoms with Gasteiger partial charge in [0.15, 0.2) is 0 Å². The third-order valence-electron chi connectivity index (χ3n) is 1.84. The average Bonchev–Trinajstić information content (AvgIpc) is 2.29. The molecule has 16 heavy (non-hydrogen) atoms. The molecular formula is C16H20. The molecule has 0 rings (SSSR count). The fraction of sp³-hybridized carbons (Fsp3) is 0.250. The molecular weight excluding hydrogens is 192 g/mol. The fourth-order valence-electron chi connectivity index (χ4n) is 1.07. The van der Waals surface area contributed by atoms with Gasteiger partial charge in [-0.1, -0.05) is 54.5 Å². The number of hydrogen-bond acceptors (Lipinski definition) is 0. The number of allylic oxidation sites excluding steroid dienone is 9. The quantitative estimate of drug-likeness (QED) is 0.347. The molecule has 0 aliphatic carbocycles. The zero-order valence-corrected chi connectivity index (χ0v) is 10.2. The van der Waals surface area contributed by atoms with Crippen LogP contribution in [-0.2, 0) is 0 Å². The predicted molar refractivity (Wildman–Crippen MR) is 74.0 cm³/mol. The minimum atomic E-state index is 0.303. The summed E-state index contributed by atoms with van der Waals surface area (Å²) in [6, 6.07) is 0. The topological polar surface area (TPSA) is 0 Å². The number of rotatable bonds is 6. The Kier molecular flexibility index (Phi) is 10.1. The first-order chi connectivity index (χ1) is 7.85. The van der Waals surface area contributed by atoms with E-state index in [-0.39, 0.29) is 0 Å². The second-order valence-electron chi connectivity index (χ2n) is 3.19. The summed E-state index contributed by atoms with van der Waals surface area (Å²) < 4.78 is 0. The van der Waals surface area contributed by atoms with Crippen LogP contribution < -0.4 is 0 Å². The van der Waals surface area contributed by atoms with E-state index in [0.717, 1.165) is 6.42 Å².